The molecule has 3 nitrogen and oxygen atoms in total. The fourth-order valence-corrected chi connectivity index (χ4v) is 1.38. The summed E-state index contributed by atoms with van der Waals surface area (Å²) in [5.74, 6) is 0.834. The fraction of sp³-hybridized carbons (Fsp3) is 0.0833. The van der Waals surface area contributed by atoms with E-state index in [1.807, 2.05) is 49.4 Å². The second-order valence-electron chi connectivity index (χ2n) is 3.41. The lowest BCUT2D eigenvalue weighted by atomic mass is 10.3. The van der Waals surface area contributed by atoms with Crippen LogP contribution in [-0.2, 0) is 0 Å². The molecule has 0 spiro atoms. The van der Waals surface area contributed by atoms with Gasteiger partial charge in [0.15, 0.2) is 0 Å². The van der Waals surface area contributed by atoms with Crippen LogP contribution in [0.25, 0.3) is 0 Å². The molecule has 2 rings (SSSR count). The molecule has 0 aliphatic carbocycles. The van der Waals surface area contributed by atoms with E-state index < -0.39 is 0 Å². The summed E-state index contributed by atoms with van der Waals surface area (Å²) in [7, 11) is 0. The molecule has 2 aromatic rings. The van der Waals surface area contributed by atoms with Gasteiger partial charge in [-0.05, 0) is 37.3 Å². The van der Waals surface area contributed by atoms with Crippen LogP contribution in [0.4, 0.5) is 17.2 Å². The van der Waals surface area contributed by atoms with Crippen molar-refractivity contribution in [3.05, 3.63) is 48.2 Å². The van der Waals surface area contributed by atoms with Crippen molar-refractivity contribution in [1.82, 2.24) is 4.98 Å². The molecule has 0 unspecified atom stereocenters. The fourth-order valence-electron chi connectivity index (χ4n) is 1.38. The van der Waals surface area contributed by atoms with Crippen molar-refractivity contribution in [3.8, 4) is 0 Å². The van der Waals surface area contributed by atoms with Gasteiger partial charge in [0, 0.05) is 17.1 Å². The molecule has 0 amide bonds. The predicted octanol–water partition coefficient (Wildman–Crippen LogP) is 2.72. The Balaban J connectivity index is 2.22. The summed E-state index contributed by atoms with van der Waals surface area (Å²) in [5.41, 5.74) is 8.37. The van der Waals surface area contributed by atoms with Gasteiger partial charge in [-0.1, -0.05) is 12.1 Å². The van der Waals surface area contributed by atoms with Gasteiger partial charge in [0.1, 0.15) is 5.82 Å². The first-order valence-electron chi connectivity index (χ1n) is 4.80. The number of anilines is 3. The highest BCUT2D eigenvalue weighted by Crippen LogP contribution is 2.16. The largest absolute Gasteiger partial charge is 0.399 e. The topological polar surface area (TPSA) is 50.9 Å². The third-order valence-electron chi connectivity index (χ3n) is 2.05. The van der Waals surface area contributed by atoms with Crippen molar-refractivity contribution >= 4 is 17.2 Å². The highest BCUT2D eigenvalue weighted by molar-refractivity contribution is 5.61. The van der Waals surface area contributed by atoms with Crippen LogP contribution >= 0.6 is 0 Å². The van der Waals surface area contributed by atoms with Crippen molar-refractivity contribution in [2.24, 2.45) is 0 Å². The summed E-state index contributed by atoms with van der Waals surface area (Å²) < 4.78 is 0. The molecule has 0 atom stereocenters. The molecule has 3 heteroatoms. The number of nitrogens with two attached hydrogens (primary N) is 1. The maximum atomic E-state index is 5.68. The number of hydrogen-bond acceptors (Lipinski definition) is 3. The normalized spacial score (nSPS) is 9.93. The molecule has 1 aromatic heterocycles. The van der Waals surface area contributed by atoms with E-state index in [-0.39, 0.29) is 0 Å². The molecule has 0 fully saturated rings. The minimum absolute atomic E-state index is 0.743. The molecular weight excluding hydrogens is 186 g/mol. The van der Waals surface area contributed by atoms with E-state index in [1.165, 1.54) is 0 Å². The van der Waals surface area contributed by atoms with Crippen molar-refractivity contribution < 1.29 is 0 Å². The molecule has 1 heterocycles. The third kappa shape index (κ3) is 2.47. The number of nitrogens with one attached hydrogen (secondary N) is 1. The van der Waals surface area contributed by atoms with Gasteiger partial charge in [0.2, 0.25) is 0 Å². The van der Waals surface area contributed by atoms with Crippen molar-refractivity contribution in [2.45, 2.75) is 6.92 Å². The molecule has 0 saturated carbocycles. The third-order valence-corrected chi connectivity index (χ3v) is 2.05. The minimum atomic E-state index is 0.743. The Morgan fingerprint density at radius 2 is 1.93 bits per heavy atom. The molecular formula is C12H13N3. The van der Waals surface area contributed by atoms with Gasteiger partial charge in [-0.2, -0.15) is 0 Å². The van der Waals surface area contributed by atoms with E-state index in [2.05, 4.69) is 10.3 Å². The Labute approximate surface area is 89.0 Å². The summed E-state index contributed by atoms with van der Waals surface area (Å²) in [5, 5.41) is 3.19. The summed E-state index contributed by atoms with van der Waals surface area (Å²) in [6, 6.07) is 13.5. The number of rotatable bonds is 2. The number of aromatic nitrogens is 1. The van der Waals surface area contributed by atoms with E-state index in [1.54, 1.807) is 0 Å². The highest BCUT2D eigenvalue weighted by atomic mass is 15.0. The summed E-state index contributed by atoms with van der Waals surface area (Å²) >= 11 is 0. The van der Waals surface area contributed by atoms with Crippen LogP contribution < -0.4 is 11.1 Å². The quantitative estimate of drug-likeness (QED) is 0.731. The average molecular weight is 199 g/mol. The summed E-state index contributed by atoms with van der Waals surface area (Å²) in [4.78, 5) is 4.35. The number of pyridine rings is 1. The minimum Gasteiger partial charge on any atom is -0.399 e. The maximum absolute atomic E-state index is 5.68. The Morgan fingerprint density at radius 3 is 2.67 bits per heavy atom. The SMILES string of the molecule is Cc1cccc(Nc2cccc(N)c2)n1. The molecule has 0 aliphatic rings. The van der Waals surface area contributed by atoms with Gasteiger partial charge < -0.3 is 11.1 Å². The highest BCUT2D eigenvalue weighted by Gasteiger charge is 1.96. The van der Waals surface area contributed by atoms with Gasteiger partial charge >= 0.3 is 0 Å². The maximum Gasteiger partial charge on any atom is 0.130 e. The number of hydrogen-bond donors (Lipinski definition) is 2. The van der Waals surface area contributed by atoms with Gasteiger partial charge in [0.25, 0.3) is 0 Å². The average Bonchev–Trinajstić information content (AvgIpc) is 2.17. The molecule has 3 N–H and O–H groups in total. The van der Waals surface area contributed by atoms with E-state index in [9.17, 15) is 0 Å². The van der Waals surface area contributed by atoms with E-state index in [0.29, 0.717) is 0 Å². The molecule has 15 heavy (non-hydrogen) atoms. The van der Waals surface area contributed by atoms with Crippen LogP contribution in [0, 0.1) is 6.92 Å². The molecule has 0 bridgehead atoms. The van der Waals surface area contributed by atoms with Crippen LogP contribution in [0.5, 0.6) is 0 Å². The second-order valence-corrected chi connectivity index (χ2v) is 3.41. The number of nitrogens with zero attached hydrogens (tertiary/aromatic N) is 1. The van der Waals surface area contributed by atoms with E-state index in [4.69, 9.17) is 5.73 Å². The number of benzene rings is 1. The zero-order valence-electron chi connectivity index (χ0n) is 8.57. The standard InChI is InChI=1S/C12H13N3/c1-9-4-2-7-12(14-9)15-11-6-3-5-10(13)8-11/h2-8H,13H2,1H3,(H,14,15). The first-order valence-corrected chi connectivity index (χ1v) is 4.80. The lowest BCUT2D eigenvalue weighted by Gasteiger charge is -2.06. The molecule has 0 aliphatic heterocycles. The van der Waals surface area contributed by atoms with Crippen molar-refractivity contribution in [1.29, 1.82) is 0 Å². The lowest BCUT2D eigenvalue weighted by molar-refractivity contribution is 1.20. The first kappa shape index (κ1) is 9.52. The Hall–Kier alpha value is -2.03. The molecule has 1 aromatic carbocycles. The van der Waals surface area contributed by atoms with E-state index in [0.717, 1.165) is 22.9 Å². The monoisotopic (exact) mass is 199 g/mol. The first-order chi connectivity index (χ1) is 7.24. The molecule has 0 saturated heterocycles. The van der Waals surface area contributed by atoms with E-state index >= 15 is 0 Å². The Bertz CT molecular complexity index is 422. The zero-order chi connectivity index (χ0) is 10.7. The summed E-state index contributed by atoms with van der Waals surface area (Å²) in [6.07, 6.45) is 0. The smallest absolute Gasteiger partial charge is 0.130 e. The lowest BCUT2D eigenvalue weighted by Crippen LogP contribution is -1.95. The Kier molecular flexibility index (Phi) is 2.54. The summed E-state index contributed by atoms with van der Waals surface area (Å²) in [6.45, 7) is 1.96. The van der Waals surface area contributed by atoms with Crippen LogP contribution in [-0.4, -0.2) is 4.98 Å². The van der Waals surface area contributed by atoms with Crippen LogP contribution in [0.3, 0.4) is 0 Å². The van der Waals surface area contributed by atoms with Gasteiger partial charge in [-0.25, -0.2) is 4.98 Å². The van der Waals surface area contributed by atoms with Gasteiger partial charge in [0.05, 0.1) is 0 Å². The van der Waals surface area contributed by atoms with Crippen LogP contribution in [0.2, 0.25) is 0 Å². The van der Waals surface area contributed by atoms with Crippen molar-refractivity contribution in [2.75, 3.05) is 11.1 Å². The number of aryl methyl sites for hydroxylation is 1. The van der Waals surface area contributed by atoms with Crippen LogP contribution in [0.15, 0.2) is 42.5 Å². The van der Waals surface area contributed by atoms with Gasteiger partial charge in [-0.3, -0.25) is 0 Å². The zero-order valence-corrected chi connectivity index (χ0v) is 8.57. The van der Waals surface area contributed by atoms with Crippen LogP contribution in [0.1, 0.15) is 5.69 Å². The second kappa shape index (κ2) is 4.00. The van der Waals surface area contributed by atoms with Crippen molar-refractivity contribution in [3.63, 3.8) is 0 Å². The molecule has 0 radical (unpaired) electrons. The Morgan fingerprint density at radius 1 is 1.13 bits per heavy atom. The molecule has 76 valence electrons. The van der Waals surface area contributed by atoms with Gasteiger partial charge in [-0.15, -0.1) is 0 Å². The predicted molar refractivity (Wildman–Crippen MR) is 63.1 cm³/mol. The number of nitrogen functional groups attached to an aromatic ring is 1.